The number of quaternary nitrogens is 1. The molecular formula is C66H127NO8P+. The summed E-state index contributed by atoms with van der Waals surface area (Å²) in [5.74, 6) is -0.779. The summed E-state index contributed by atoms with van der Waals surface area (Å²) in [7, 11) is 1.50. The van der Waals surface area contributed by atoms with Crippen LogP contribution in [0.15, 0.2) is 36.5 Å². The van der Waals surface area contributed by atoms with Crippen LogP contribution in [0.3, 0.4) is 0 Å². The molecule has 0 radical (unpaired) electrons. The van der Waals surface area contributed by atoms with Gasteiger partial charge in [0.2, 0.25) is 0 Å². The van der Waals surface area contributed by atoms with E-state index in [9.17, 15) is 19.0 Å². The number of carbonyl (C=O) groups is 2. The van der Waals surface area contributed by atoms with E-state index in [1.165, 1.54) is 244 Å². The first-order valence-corrected chi connectivity index (χ1v) is 34.2. The van der Waals surface area contributed by atoms with Crippen LogP contribution >= 0.6 is 7.82 Å². The Balaban J connectivity index is 3.87. The van der Waals surface area contributed by atoms with Crippen molar-refractivity contribution in [3.8, 4) is 0 Å². The van der Waals surface area contributed by atoms with Gasteiger partial charge in [0, 0.05) is 12.8 Å². The van der Waals surface area contributed by atoms with Crippen molar-refractivity contribution >= 4 is 19.8 Å². The van der Waals surface area contributed by atoms with E-state index < -0.39 is 26.5 Å². The first kappa shape index (κ1) is 74.2. The third kappa shape index (κ3) is 61.4. The van der Waals surface area contributed by atoms with Gasteiger partial charge in [-0.15, -0.1) is 0 Å². The average molecular weight is 1090 g/mol. The minimum atomic E-state index is -4.38. The molecule has 448 valence electrons. The van der Waals surface area contributed by atoms with E-state index in [2.05, 4.69) is 50.3 Å². The first-order valence-electron chi connectivity index (χ1n) is 32.7. The maximum Gasteiger partial charge on any atom is 0.472 e. The fourth-order valence-corrected chi connectivity index (χ4v) is 10.4. The van der Waals surface area contributed by atoms with Crippen molar-refractivity contribution in [2.75, 3.05) is 47.5 Å². The molecule has 0 aliphatic carbocycles. The molecule has 0 aromatic carbocycles. The summed E-state index contributed by atoms with van der Waals surface area (Å²) in [6, 6.07) is 0. The van der Waals surface area contributed by atoms with Crippen molar-refractivity contribution in [1.82, 2.24) is 0 Å². The Morgan fingerprint density at radius 1 is 0.408 bits per heavy atom. The van der Waals surface area contributed by atoms with Gasteiger partial charge in [0.05, 0.1) is 27.7 Å². The Bertz CT molecular complexity index is 1380. The number of hydrogen-bond donors (Lipinski definition) is 1. The molecule has 0 aromatic rings. The zero-order valence-electron chi connectivity index (χ0n) is 51.0. The van der Waals surface area contributed by atoms with Crippen molar-refractivity contribution in [3.05, 3.63) is 36.5 Å². The lowest BCUT2D eigenvalue weighted by Crippen LogP contribution is -2.37. The molecule has 0 amide bonds. The summed E-state index contributed by atoms with van der Waals surface area (Å²) >= 11 is 0. The van der Waals surface area contributed by atoms with E-state index in [0.717, 1.165) is 44.9 Å². The lowest BCUT2D eigenvalue weighted by molar-refractivity contribution is -0.870. The van der Waals surface area contributed by atoms with Crippen LogP contribution in [0, 0.1) is 0 Å². The molecule has 0 aromatic heterocycles. The Morgan fingerprint density at radius 3 is 1.05 bits per heavy atom. The highest BCUT2D eigenvalue weighted by Gasteiger charge is 2.27. The Kier molecular flexibility index (Phi) is 56.6. The van der Waals surface area contributed by atoms with Crippen molar-refractivity contribution in [1.29, 1.82) is 0 Å². The van der Waals surface area contributed by atoms with Gasteiger partial charge in [-0.1, -0.05) is 294 Å². The van der Waals surface area contributed by atoms with Gasteiger partial charge in [-0.3, -0.25) is 18.6 Å². The highest BCUT2D eigenvalue weighted by molar-refractivity contribution is 7.47. The summed E-state index contributed by atoms with van der Waals surface area (Å²) in [4.78, 5) is 35.6. The van der Waals surface area contributed by atoms with Gasteiger partial charge in [0.25, 0.3) is 0 Å². The summed E-state index contributed by atoms with van der Waals surface area (Å²) in [5, 5.41) is 0. The van der Waals surface area contributed by atoms with E-state index >= 15 is 0 Å². The number of carbonyl (C=O) groups excluding carboxylic acids is 2. The molecule has 10 heteroatoms. The van der Waals surface area contributed by atoms with Gasteiger partial charge < -0.3 is 18.9 Å². The fraction of sp³-hybridized carbons (Fsp3) is 0.879. The van der Waals surface area contributed by atoms with Crippen molar-refractivity contribution in [2.24, 2.45) is 0 Å². The molecule has 0 fully saturated rings. The van der Waals surface area contributed by atoms with Crippen LogP contribution < -0.4 is 0 Å². The quantitative estimate of drug-likeness (QED) is 0.0211. The maximum absolute atomic E-state index is 12.8. The fourth-order valence-electron chi connectivity index (χ4n) is 9.61. The number of phosphoric acid groups is 1. The Labute approximate surface area is 471 Å². The van der Waals surface area contributed by atoms with Crippen LogP contribution in [0.25, 0.3) is 0 Å². The zero-order valence-corrected chi connectivity index (χ0v) is 51.9. The number of unbranched alkanes of at least 4 members (excludes halogenated alkanes) is 41. The lowest BCUT2D eigenvalue weighted by Gasteiger charge is -2.24. The van der Waals surface area contributed by atoms with Crippen LogP contribution in [0.4, 0.5) is 0 Å². The predicted octanol–water partition coefficient (Wildman–Crippen LogP) is 20.7. The summed E-state index contributed by atoms with van der Waals surface area (Å²) in [6.07, 6.45) is 72.6. The second-order valence-corrected chi connectivity index (χ2v) is 25.0. The number of phosphoric ester groups is 1. The molecule has 76 heavy (non-hydrogen) atoms. The molecule has 0 saturated carbocycles. The van der Waals surface area contributed by atoms with Gasteiger partial charge in [-0.2, -0.15) is 0 Å². The summed E-state index contributed by atoms with van der Waals surface area (Å²) in [6.45, 7) is 4.46. The molecule has 2 atom stereocenters. The Hall–Kier alpha value is -1.77. The molecule has 0 bridgehead atoms. The van der Waals surface area contributed by atoms with E-state index in [-0.39, 0.29) is 25.6 Å². The standard InChI is InChI=1S/C66H126NO8P/c1-6-8-10-12-14-16-18-20-21-22-23-24-25-26-27-28-29-30-31-32-33-34-35-36-37-38-39-40-41-42-43-44-45-47-49-51-53-55-57-59-66(69)75-64(63-74-76(70,71)73-61-60-67(3,4)5)62-72-65(68)58-56-54-52-50-48-46-19-17-15-13-11-9-7-2/h18,20,22-23,25-26,64H,6-17,19,21,24,27-63H2,1-5H3/p+1/b20-18-,23-22-,26-25-. The number of likely N-dealkylation sites (N-methyl/N-ethyl adjacent to an activating group) is 1. The van der Waals surface area contributed by atoms with Crippen LogP contribution in [-0.4, -0.2) is 74.9 Å². The number of ether oxygens (including phenoxy) is 2. The monoisotopic (exact) mass is 1090 g/mol. The second kappa shape index (κ2) is 57.9. The first-order chi connectivity index (χ1) is 37.0. The number of esters is 2. The van der Waals surface area contributed by atoms with E-state index in [1.807, 2.05) is 21.1 Å². The lowest BCUT2D eigenvalue weighted by atomic mass is 10.0. The smallest absolute Gasteiger partial charge is 0.462 e. The molecule has 0 aliphatic heterocycles. The van der Waals surface area contributed by atoms with Crippen molar-refractivity contribution in [3.63, 3.8) is 0 Å². The maximum atomic E-state index is 12.8. The second-order valence-electron chi connectivity index (χ2n) is 23.5. The van der Waals surface area contributed by atoms with Crippen LogP contribution in [0.5, 0.6) is 0 Å². The Morgan fingerprint density at radius 2 is 0.711 bits per heavy atom. The van der Waals surface area contributed by atoms with E-state index in [4.69, 9.17) is 18.5 Å². The average Bonchev–Trinajstić information content (AvgIpc) is 3.38. The molecule has 0 spiro atoms. The number of hydrogen-bond acceptors (Lipinski definition) is 7. The summed E-state index contributed by atoms with van der Waals surface area (Å²) < 4.78 is 34.6. The predicted molar refractivity (Wildman–Crippen MR) is 326 cm³/mol. The van der Waals surface area contributed by atoms with Gasteiger partial charge in [-0.05, 0) is 51.4 Å². The number of allylic oxidation sites excluding steroid dienone is 6. The highest BCUT2D eigenvalue weighted by atomic mass is 31.2. The van der Waals surface area contributed by atoms with E-state index in [1.54, 1.807) is 0 Å². The molecular weight excluding hydrogens is 966 g/mol. The molecule has 0 rings (SSSR count). The molecule has 9 nitrogen and oxygen atoms in total. The number of nitrogens with zero attached hydrogens (tertiary/aromatic N) is 1. The van der Waals surface area contributed by atoms with Gasteiger partial charge >= 0.3 is 19.8 Å². The van der Waals surface area contributed by atoms with Crippen LogP contribution in [-0.2, 0) is 32.7 Å². The topological polar surface area (TPSA) is 108 Å². The van der Waals surface area contributed by atoms with E-state index in [0.29, 0.717) is 23.9 Å². The van der Waals surface area contributed by atoms with Gasteiger partial charge in [0.1, 0.15) is 19.8 Å². The van der Waals surface area contributed by atoms with Crippen LogP contribution in [0.1, 0.15) is 322 Å². The third-order valence-corrected chi connectivity index (χ3v) is 15.7. The SMILES string of the molecule is CCCCCCC/C=C\C/C=C\C/C=C\CCCCCCCCCCCCCCCCCCCCCCCCCCC(=O)OC(COC(=O)CCCCCCCCCCCCCCC)COP(=O)(O)OCC[N+](C)(C)C. The summed E-state index contributed by atoms with van der Waals surface area (Å²) in [5.41, 5.74) is 0. The van der Waals surface area contributed by atoms with Crippen molar-refractivity contribution in [2.45, 2.75) is 328 Å². The highest BCUT2D eigenvalue weighted by Crippen LogP contribution is 2.43. The normalized spacial score (nSPS) is 13.4. The van der Waals surface area contributed by atoms with Gasteiger partial charge in [-0.25, -0.2) is 4.57 Å². The molecule has 0 aliphatic rings. The van der Waals surface area contributed by atoms with Crippen molar-refractivity contribution < 1.29 is 42.1 Å². The number of rotatable bonds is 61. The van der Waals surface area contributed by atoms with Crippen LogP contribution in [0.2, 0.25) is 0 Å². The molecule has 2 unspecified atom stereocenters. The molecule has 0 heterocycles. The molecule has 0 saturated heterocycles. The van der Waals surface area contributed by atoms with Gasteiger partial charge in [0.15, 0.2) is 6.10 Å². The third-order valence-electron chi connectivity index (χ3n) is 14.7. The largest absolute Gasteiger partial charge is 0.472 e. The zero-order chi connectivity index (χ0) is 55.6. The minimum absolute atomic E-state index is 0.0353. The molecule has 1 N–H and O–H groups in total. The minimum Gasteiger partial charge on any atom is -0.462 e.